The van der Waals surface area contributed by atoms with E-state index >= 15 is 0 Å². The first kappa shape index (κ1) is 49.7. The molecule has 0 aliphatic carbocycles. The Balaban J connectivity index is 0.00000310. The molecule has 6 aromatic carbocycles. The Hall–Kier alpha value is -3.69. The second-order valence-corrected chi connectivity index (χ2v) is 15.7. The minimum atomic E-state index is -5.45. The van der Waals surface area contributed by atoms with Gasteiger partial charge in [-0.15, -0.1) is 15.3 Å². The maximum Gasteiger partial charge on any atom is 1.00 e. The Morgan fingerprint density at radius 3 is 1.36 bits per heavy atom. The van der Waals surface area contributed by atoms with Crippen LogP contribution >= 0.6 is 0 Å². The van der Waals surface area contributed by atoms with E-state index in [2.05, 4.69) is 30.7 Å². The van der Waals surface area contributed by atoms with Crippen molar-refractivity contribution in [3.8, 4) is 22.6 Å². The summed E-state index contributed by atoms with van der Waals surface area (Å²) in [4.78, 5) is -2.83. The van der Waals surface area contributed by atoms with Crippen LogP contribution in [0.5, 0.6) is 11.5 Å². The number of rotatable bonds is 10. The van der Waals surface area contributed by atoms with E-state index in [-0.39, 0.29) is 111 Å². The number of fused-ring (bicyclic) bond motifs is 1. The van der Waals surface area contributed by atoms with Crippen LogP contribution in [0.2, 0.25) is 0 Å². The normalized spacial score (nSPS) is 12.1. The minimum absolute atomic E-state index is 0. The molecule has 6 rings (SSSR count). The van der Waals surface area contributed by atoms with Crippen LogP contribution < -0.4 is 100 Å². The number of hydrogen-bond donors (Lipinski definition) is 4. The summed E-state index contributed by atoms with van der Waals surface area (Å²) in [7, 11) is -15.6. The second-order valence-electron chi connectivity index (χ2n) is 11.6. The van der Waals surface area contributed by atoms with Gasteiger partial charge in [-0.2, -0.15) is 15.3 Å². The zero-order valence-electron chi connectivity index (χ0n) is 30.9. The zero-order chi connectivity index (χ0) is 40.6. The summed E-state index contributed by atoms with van der Waals surface area (Å²) < 4.78 is 107. The van der Waals surface area contributed by atoms with Gasteiger partial charge in [0.1, 0.15) is 53.2 Å². The van der Waals surface area contributed by atoms with Crippen molar-refractivity contribution in [2.24, 2.45) is 30.7 Å². The molecule has 6 N–H and O–H groups in total. The van der Waals surface area contributed by atoms with Crippen LogP contribution in [0.3, 0.4) is 0 Å². The van der Waals surface area contributed by atoms with Gasteiger partial charge < -0.3 is 35.3 Å². The van der Waals surface area contributed by atoms with E-state index in [1.165, 1.54) is 24.3 Å². The third kappa shape index (κ3) is 11.8. The van der Waals surface area contributed by atoms with Crippen molar-refractivity contribution in [1.29, 1.82) is 0 Å². The fourth-order valence-corrected chi connectivity index (χ4v) is 6.94. The summed E-state index contributed by atoms with van der Waals surface area (Å²) in [6.45, 7) is 0. The molecule has 6 aromatic rings. The van der Waals surface area contributed by atoms with Crippen molar-refractivity contribution in [1.82, 2.24) is 0 Å². The molecule has 0 aliphatic rings. The van der Waals surface area contributed by atoms with Gasteiger partial charge in [-0.05, 0) is 89.3 Å². The monoisotopic (exact) mass is 884 g/mol. The average molecular weight is 885 g/mol. The van der Waals surface area contributed by atoms with E-state index in [1.807, 2.05) is 0 Å². The molecular formula is C34H23N8Na3O11S3. The van der Waals surface area contributed by atoms with Crippen molar-refractivity contribution in [3.63, 3.8) is 0 Å². The Labute approximate surface area is 402 Å². The van der Waals surface area contributed by atoms with E-state index in [1.54, 1.807) is 42.5 Å². The van der Waals surface area contributed by atoms with Crippen molar-refractivity contribution in [2.75, 3.05) is 11.5 Å². The van der Waals surface area contributed by atoms with E-state index in [9.17, 15) is 49.1 Å². The third-order valence-corrected chi connectivity index (χ3v) is 10.4. The Morgan fingerprint density at radius 1 is 0.492 bits per heavy atom. The summed E-state index contributed by atoms with van der Waals surface area (Å²) in [6, 6.07) is 22.8. The van der Waals surface area contributed by atoms with Crippen LogP contribution in [-0.2, 0) is 30.4 Å². The Kier molecular flexibility index (Phi) is 16.7. The van der Waals surface area contributed by atoms with Crippen LogP contribution in [0.1, 0.15) is 0 Å². The molecule has 0 atom stereocenters. The molecule has 0 radical (unpaired) electrons. The molecule has 0 amide bonds. The van der Waals surface area contributed by atoms with E-state index < -0.39 is 78.6 Å². The Morgan fingerprint density at radius 2 is 0.915 bits per heavy atom. The molecule has 0 aromatic heterocycles. The molecule has 0 fully saturated rings. The van der Waals surface area contributed by atoms with E-state index in [0.717, 1.165) is 35.4 Å². The average Bonchev–Trinajstić information content (AvgIpc) is 3.13. The summed E-state index contributed by atoms with van der Waals surface area (Å²) in [5.74, 6) is -1.19. The standard InChI is InChI=1S/C34H26N8O11S3.3Na/c35-21-5-14-26(27(43)17-21)40-37-22-6-1-18(2-7-22)19-3-8-23(9-4-19)38-41-32-28(55(48,49)50)15-20-16-29(56(51,52)53)33(34(44)30(20)31(32)36)42-39-24-10-12-25(13-11-24)54(45,46)47;;;/h1-17,43-44H,35-36H2,(H,45,46,47)(H,48,49,50)(H,51,52,53);;;/q;3*+1/p-3. The fourth-order valence-electron chi connectivity index (χ4n) is 5.16. The number of nitrogens with zero attached hydrogens (tertiary/aromatic N) is 6. The molecule has 0 saturated carbocycles. The molecular weight excluding hydrogens is 862 g/mol. The quantitative estimate of drug-likeness (QED) is 0.0504. The Bertz CT molecular complexity index is 2980. The van der Waals surface area contributed by atoms with E-state index in [0.29, 0.717) is 23.5 Å². The van der Waals surface area contributed by atoms with Crippen LogP contribution in [0.4, 0.5) is 45.5 Å². The predicted molar refractivity (Wildman–Crippen MR) is 197 cm³/mol. The molecule has 25 heteroatoms. The zero-order valence-corrected chi connectivity index (χ0v) is 39.4. The maximum atomic E-state index is 12.3. The van der Waals surface area contributed by atoms with Gasteiger partial charge in [0.2, 0.25) is 0 Å². The van der Waals surface area contributed by atoms with Crippen LogP contribution in [0.15, 0.2) is 149 Å². The van der Waals surface area contributed by atoms with E-state index in [4.69, 9.17) is 11.5 Å². The van der Waals surface area contributed by atoms with Crippen molar-refractivity contribution in [3.05, 3.63) is 103 Å². The van der Waals surface area contributed by atoms with Gasteiger partial charge in [-0.25, -0.2) is 25.3 Å². The number of benzene rings is 6. The molecule has 0 spiro atoms. The number of hydrogen-bond acceptors (Lipinski definition) is 19. The van der Waals surface area contributed by atoms with Crippen LogP contribution in [0, 0.1) is 0 Å². The number of nitrogens with two attached hydrogens (primary N) is 2. The first-order valence-corrected chi connectivity index (χ1v) is 19.7. The van der Waals surface area contributed by atoms with Crippen LogP contribution in [-0.4, -0.2) is 49.1 Å². The van der Waals surface area contributed by atoms with Crippen LogP contribution in [0.25, 0.3) is 21.9 Å². The van der Waals surface area contributed by atoms with Gasteiger partial charge >= 0.3 is 88.7 Å². The van der Waals surface area contributed by atoms with Gasteiger partial charge in [0.05, 0.1) is 42.8 Å². The summed E-state index contributed by atoms with van der Waals surface area (Å²) in [5, 5.41) is 43.5. The number of phenolic OH excluding ortho intramolecular Hbond substituents is 2. The third-order valence-electron chi connectivity index (χ3n) is 7.85. The number of azo groups is 3. The molecule has 0 saturated heterocycles. The first-order chi connectivity index (χ1) is 26.3. The summed E-state index contributed by atoms with van der Waals surface area (Å²) >= 11 is 0. The van der Waals surface area contributed by atoms with Gasteiger partial charge in [-0.3, -0.25) is 0 Å². The van der Waals surface area contributed by atoms with Crippen molar-refractivity contribution >= 4 is 86.6 Å². The first-order valence-electron chi connectivity index (χ1n) is 15.4. The molecule has 286 valence electrons. The largest absolute Gasteiger partial charge is 1.00 e. The van der Waals surface area contributed by atoms with Crippen molar-refractivity contribution < 1.29 is 138 Å². The molecule has 0 bridgehead atoms. The number of phenols is 2. The minimum Gasteiger partial charge on any atom is -0.744 e. The molecule has 59 heavy (non-hydrogen) atoms. The van der Waals surface area contributed by atoms with Crippen molar-refractivity contribution in [2.45, 2.75) is 14.7 Å². The maximum absolute atomic E-state index is 12.3. The topological polar surface area (TPSA) is 338 Å². The SMILES string of the molecule is Nc1ccc(N=Nc2ccc(-c3ccc(N=Nc4c(S(=O)(=O)[O-])cc5cc(S(=O)(=O)[O-])c(N=Nc6ccc(S(=O)(=O)[O-])cc6)c(O)c5c4N)cc3)cc2)c(O)c1.[Na+].[Na+].[Na+]. The fraction of sp³-hybridized carbons (Fsp3) is 0. The van der Waals surface area contributed by atoms with Gasteiger partial charge in [0.25, 0.3) is 0 Å². The summed E-state index contributed by atoms with van der Waals surface area (Å²) in [6.07, 6.45) is 0. The molecule has 19 nitrogen and oxygen atoms in total. The van der Waals surface area contributed by atoms with Gasteiger partial charge in [-0.1, -0.05) is 24.3 Å². The molecule has 0 unspecified atom stereocenters. The summed E-state index contributed by atoms with van der Waals surface area (Å²) in [5.41, 5.74) is 12.1. The van der Waals surface area contributed by atoms with Gasteiger partial charge in [0, 0.05) is 11.8 Å². The number of nitrogen functional groups attached to an aromatic ring is 2. The number of aromatic hydroxyl groups is 2. The van der Waals surface area contributed by atoms with Gasteiger partial charge in [0.15, 0.2) is 5.75 Å². The molecule has 0 heterocycles. The smallest absolute Gasteiger partial charge is 0.744 e. The number of anilines is 2. The molecule has 0 aliphatic heterocycles. The second kappa shape index (κ2) is 19.8. The predicted octanol–water partition coefficient (Wildman–Crippen LogP) is -1.95.